The Morgan fingerprint density at radius 1 is 1.33 bits per heavy atom. The van der Waals surface area contributed by atoms with Crippen molar-refractivity contribution in [2.75, 3.05) is 0 Å². The summed E-state index contributed by atoms with van der Waals surface area (Å²) in [5, 5.41) is 0. The number of aromatic nitrogens is 2. The van der Waals surface area contributed by atoms with Crippen LogP contribution in [-0.2, 0) is 5.88 Å². The van der Waals surface area contributed by atoms with Gasteiger partial charge in [-0.2, -0.15) is 13.2 Å². The van der Waals surface area contributed by atoms with Gasteiger partial charge in [0, 0.05) is 5.92 Å². The van der Waals surface area contributed by atoms with Crippen molar-refractivity contribution in [3.8, 4) is 5.75 Å². The second-order valence-corrected chi connectivity index (χ2v) is 4.40. The maximum atomic E-state index is 12.4. The van der Waals surface area contributed by atoms with E-state index in [2.05, 4.69) is 9.97 Å². The van der Waals surface area contributed by atoms with Crippen molar-refractivity contribution < 1.29 is 17.9 Å². The van der Waals surface area contributed by atoms with Gasteiger partial charge in [0.05, 0.1) is 12.1 Å². The molecule has 0 aliphatic heterocycles. The van der Waals surface area contributed by atoms with E-state index in [1.165, 1.54) is 6.20 Å². The molecule has 0 fully saturated rings. The lowest BCUT2D eigenvalue weighted by Crippen LogP contribution is -2.31. The maximum Gasteiger partial charge on any atom is 0.425 e. The van der Waals surface area contributed by atoms with Crippen molar-refractivity contribution in [1.29, 1.82) is 0 Å². The first-order chi connectivity index (χ1) is 8.25. The molecule has 0 radical (unpaired) electrons. The zero-order valence-corrected chi connectivity index (χ0v) is 11.0. The quantitative estimate of drug-likeness (QED) is 0.791. The van der Waals surface area contributed by atoms with E-state index in [1.807, 2.05) is 13.8 Å². The molecule has 0 amide bonds. The lowest BCUT2D eigenvalue weighted by Gasteiger charge is -2.19. The third-order valence-electron chi connectivity index (χ3n) is 2.26. The number of nitrogens with zero attached hydrogens (tertiary/aromatic N) is 2. The fourth-order valence-corrected chi connectivity index (χ4v) is 1.34. The van der Waals surface area contributed by atoms with Crippen molar-refractivity contribution >= 4 is 11.6 Å². The molecule has 1 atom stereocenters. The molecule has 18 heavy (non-hydrogen) atoms. The molecule has 0 saturated heterocycles. The lowest BCUT2D eigenvalue weighted by atomic mass is 10.2. The van der Waals surface area contributed by atoms with Crippen LogP contribution in [0.2, 0.25) is 0 Å². The Labute approximate surface area is 108 Å². The molecule has 0 bridgehead atoms. The monoisotopic (exact) mass is 282 g/mol. The van der Waals surface area contributed by atoms with Gasteiger partial charge in [-0.3, -0.25) is 0 Å². The third-order valence-corrected chi connectivity index (χ3v) is 2.51. The normalized spacial score (nSPS) is 13.8. The second-order valence-electron chi connectivity index (χ2n) is 4.13. The van der Waals surface area contributed by atoms with Gasteiger partial charge in [0.25, 0.3) is 0 Å². The summed E-state index contributed by atoms with van der Waals surface area (Å²) < 4.78 is 41.9. The predicted molar refractivity (Wildman–Crippen MR) is 61.8 cm³/mol. The van der Waals surface area contributed by atoms with Crippen molar-refractivity contribution in [2.24, 2.45) is 0 Å². The Morgan fingerprint density at radius 3 is 2.39 bits per heavy atom. The van der Waals surface area contributed by atoms with Gasteiger partial charge < -0.3 is 4.74 Å². The van der Waals surface area contributed by atoms with E-state index < -0.39 is 12.3 Å². The predicted octanol–water partition coefficient (Wildman–Crippen LogP) is 3.67. The van der Waals surface area contributed by atoms with Crippen LogP contribution in [-0.4, -0.2) is 22.2 Å². The standard InChI is InChI=1S/C11H14ClF3N2O/c1-6(2)10-16-5-9(8(4-12)17-10)18-7(3)11(13,14)15/h5-7H,4H2,1-3H3. The van der Waals surface area contributed by atoms with Crippen molar-refractivity contribution in [3.05, 3.63) is 17.7 Å². The lowest BCUT2D eigenvalue weighted by molar-refractivity contribution is -0.189. The summed E-state index contributed by atoms with van der Waals surface area (Å²) in [6.45, 7) is 4.69. The maximum absolute atomic E-state index is 12.4. The number of hydrogen-bond acceptors (Lipinski definition) is 3. The van der Waals surface area contributed by atoms with E-state index >= 15 is 0 Å². The number of ether oxygens (including phenoxy) is 1. The highest BCUT2D eigenvalue weighted by Gasteiger charge is 2.38. The van der Waals surface area contributed by atoms with Crippen LogP contribution in [0, 0.1) is 0 Å². The molecule has 1 aromatic heterocycles. The van der Waals surface area contributed by atoms with Crippen LogP contribution in [0.3, 0.4) is 0 Å². The molecule has 1 unspecified atom stereocenters. The average molecular weight is 283 g/mol. The van der Waals surface area contributed by atoms with Gasteiger partial charge in [-0.25, -0.2) is 9.97 Å². The number of hydrogen-bond donors (Lipinski definition) is 0. The molecule has 0 aliphatic carbocycles. The fraction of sp³-hybridized carbons (Fsp3) is 0.636. The number of rotatable bonds is 4. The van der Waals surface area contributed by atoms with Crippen LogP contribution in [0.1, 0.15) is 38.2 Å². The number of alkyl halides is 4. The summed E-state index contributed by atoms with van der Waals surface area (Å²) in [7, 11) is 0. The van der Waals surface area contributed by atoms with E-state index in [-0.39, 0.29) is 23.2 Å². The summed E-state index contributed by atoms with van der Waals surface area (Å²) in [6.07, 6.45) is -5.12. The van der Waals surface area contributed by atoms with Gasteiger partial charge in [0.1, 0.15) is 11.5 Å². The zero-order valence-electron chi connectivity index (χ0n) is 10.3. The third kappa shape index (κ3) is 3.73. The first-order valence-electron chi connectivity index (χ1n) is 5.40. The van der Waals surface area contributed by atoms with Gasteiger partial charge in [0.2, 0.25) is 0 Å². The molecule has 1 rings (SSSR count). The van der Waals surface area contributed by atoms with Crippen LogP contribution < -0.4 is 4.74 Å². The summed E-state index contributed by atoms with van der Waals surface area (Å²) in [4.78, 5) is 8.05. The van der Waals surface area contributed by atoms with Crippen LogP contribution >= 0.6 is 11.6 Å². The Bertz CT molecular complexity index is 410. The topological polar surface area (TPSA) is 35.0 Å². The van der Waals surface area contributed by atoms with Gasteiger partial charge >= 0.3 is 6.18 Å². The zero-order chi connectivity index (χ0) is 13.9. The van der Waals surface area contributed by atoms with Crippen LogP contribution in [0.4, 0.5) is 13.2 Å². The Morgan fingerprint density at radius 2 is 1.94 bits per heavy atom. The first-order valence-corrected chi connectivity index (χ1v) is 5.94. The molecular formula is C11H14ClF3N2O. The highest BCUT2D eigenvalue weighted by atomic mass is 35.5. The Balaban J connectivity index is 2.96. The van der Waals surface area contributed by atoms with Crippen LogP contribution in [0.25, 0.3) is 0 Å². The smallest absolute Gasteiger partial charge is 0.425 e. The number of halogens is 4. The first kappa shape index (κ1) is 15.0. The van der Waals surface area contributed by atoms with Gasteiger partial charge in [-0.15, -0.1) is 11.6 Å². The Kier molecular flexibility index (Phi) is 4.78. The van der Waals surface area contributed by atoms with E-state index in [0.29, 0.717) is 5.82 Å². The molecule has 0 spiro atoms. The summed E-state index contributed by atoms with van der Waals surface area (Å²) >= 11 is 5.65. The molecule has 0 aliphatic rings. The summed E-state index contributed by atoms with van der Waals surface area (Å²) in [5.74, 6) is 0.542. The molecule has 3 nitrogen and oxygen atoms in total. The minimum atomic E-state index is -4.43. The second kappa shape index (κ2) is 5.73. The van der Waals surface area contributed by atoms with Gasteiger partial charge in [-0.1, -0.05) is 13.8 Å². The van der Waals surface area contributed by atoms with Crippen LogP contribution in [0.15, 0.2) is 6.20 Å². The molecular weight excluding hydrogens is 269 g/mol. The van der Waals surface area contributed by atoms with Crippen molar-refractivity contribution in [3.63, 3.8) is 0 Å². The van der Waals surface area contributed by atoms with E-state index in [1.54, 1.807) is 0 Å². The van der Waals surface area contributed by atoms with Crippen molar-refractivity contribution in [1.82, 2.24) is 9.97 Å². The Hall–Kier alpha value is -1.04. The highest BCUT2D eigenvalue weighted by molar-refractivity contribution is 6.17. The van der Waals surface area contributed by atoms with Crippen molar-refractivity contribution in [2.45, 2.75) is 44.8 Å². The molecule has 102 valence electrons. The molecule has 0 aromatic carbocycles. The fourth-order valence-electron chi connectivity index (χ4n) is 1.15. The minimum Gasteiger partial charge on any atom is -0.478 e. The van der Waals surface area contributed by atoms with Gasteiger partial charge in [-0.05, 0) is 6.92 Å². The van der Waals surface area contributed by atoms with E-state index in [0.717, 1.165) is 6.92 Å². The summed E-state index contributed by atoms with van der Waals surface area (Å²) in [6, 6.07) is 0. The highest BCUT2D eigenvalue weighted by Crippen LogP contribution is 2.27. The molecule has 1 heterocycles. The molecule has 0 N–H and O–H groups in total. The SMILES string of the molecule is CC(C)c1ncc(OC(C)C(F)(F)F)c(CCl)n1. The minimum absolute atomic E-state index is 0.0256. The summed E-state index contributed by atoms with van der Waals surface area (Å²) in [5.41, 5.74) is 0.270. The molecule has 7 heteroatoms. The van der Waals surface area contributed by atoms with Gasteiger partial charge in [0.15, 0.2) is 11.9 Å². The van der Waals surface area contributed by atoms with E-state index in [4.69, 9.17) is 16.3 Å². The van der Waals surface area contributed by atoms with E-state index in [9.17, 15) is 13.2 Å². The average Bonchev–Trinajstić information content (AvgIpc) is 2.27. The molecule has 0 saturated carbocycles. The molecule has 1 aromatic rings. The van der Waals surface area contributed by atoms with Crippen LogP contribution in [0.5, 0.6) is 5.75 Å². The largest absolute Gasteiger partial charge is 0.478 e.